The number of halogens is 3. The summed E-state index contributed by atoms with van der Waals surface area (Å²) in [5.74, 6) is -0.766. The number of benzene rings is 3. The molecule has 1 heterocycles. The van der Waals surface area contributed by atoms with E-state index in [0.717, 1.165) is 5.56 Å². The van der Waals surface area contributed by atoms with Crippen molar-refractivity contribution < 1.29 is 14.4 Å². The monoisotopic (exact) mass is 557 g/mol. The zero-order valence-electron chi connectivity index (χ0n) is 20.2. The van der Waals surface area contributed by atoms with Gasteiger partial charge in [-0.3, -0.25) is 14.4 Å². The number of carbonyl (C=O) groups excluding carboxylic acids is 3. The maximum Gasteiger partial charge on any atom is 0.255 e. The fourth-order valence-electron chi connectivity index (χ4n) is 4.39. The van der Waals surface area contributed by atoms with Crippen LogP contribution in [-0.2, 0) is 11.2 Å². The third-order valence-electron chi connectivity index (χ3n) is 6.35. The molecule has 3 aromatic rings. The molecule has 0 bridgehead atoms. The van der Waals surface area contributed by atoms with Crippen molar-refractivity contribution in [3.05, 3.63) is 105 Å². The van der Waals surface area contributed by atoms with E-state index in [0.29, 0.717) is 47.2 Å². The fraction of sp³-hybridized carbons (Fsp3) is 0.250. The average Bonchev–Trinajstić information content (AvgIpc) is 2.88. The first kappa shape index (κ1) is 27.0. The van der Waals surface area contributed by atoms with E-state index in [4.69, 9.17) is 34.8 Å². The molecule has 1 aliphatic rings. The van der Waals surface area contributed by atoms with Crippen LogP contribution in [0, 0.1) is 0 Å². The molecule has 0 unspecified atom stereocenters. The number of nitrogens with zero attached hydrogens (tertiary/aromatic N) is 2. The third kappa shape index (κ3) is 6.63. The van der Waals surface area contributed by atoms with Crippen molar-refractivity contribution in [2.75, 3.05) is 19.6 Å². The fourth-order valence-corrected chi connectivity index (χ4v) is 5.01. The Hall–Kier alpha value is -3.06. The smallest absolute Gasteiger partial charge is 0.255 e. The highest BCUT2D eigenvalue weighted by Crippen LogP contribution is 2.24. The summed E-state index contributed by atoms with van der Waals surface area (Å²) in [7, 11) is 0. The van der Waals surface area contributed by atoms with Gasteiger partial charge < -0.3 is 15.1 Å². The number of nitrogens with one attached hydrogen (secondary N) is 1. The number of hydrogen-bond donors (Lipinski definition) is 1. The molecule has 37 heavy (non-hydrogen) atoms. The van der Waals surface area contributed by atoms with Crippen LogP contribution in [0.5, 0.6) is 0 Å². The summed E-state index contributed by atoms with van der Waals surface area (Å²) >= 11 is 18.2. The second-order valence-electron chi connectivity index (χ2n) is 8.98. The van der Waals surface area contributed by atoms with Gasteiger partial charge in [0.1, 0.15) is 6.04 Å². The molecular weight excluding hydrogens is 533 g/mol. The van der Waals surface area contributed by atoms with Crippen molar-refractivity contribution in [3.63, 3.8) is 0 Å². The summed E-state index contributed by atoms with van der Waals surface area (Å²) in [5.41, 5.74) is 1.71. The van der Waals surface area contributed by atoms with Gasteiger partial charge in [0, 0.05) is 47.7 Å². The first-order valence-corrected chi connectivity index (χ1v) is 13.0. The molecule has 1 saturated heterocycles. The molecule has 1 aliphatic heterocycles. The van der Waals surface area contributed by atoms with E-state index >= 15 is 0 Å². The Kier molecular flexibility index (Phi) is 8.75. The van der Waals surface area contributed by atoms with Crippen LogP contribution >= 0.6 is 34.8 Å². The maximum absolute atomic E-state index is 13.7. The highest BCUT2D eigenvalue weighted by atomic mass is 35.5. The topological polar surface area (TPSA) is 69.7 Å². The Balaban J connectivity index is 1.48. The molecule has 0 aromatic heterocycles. The van der Waals surface area contributed by atoms with Crippen molar-refractivity contribution in [2.24, 2.45) is 0 Å². The Morgan fingerprint density at radius 2 is 1.59 bits per heavy atom. The largest absolute Gasteiger partial charge is 0.340 e. The van der Waals surface area contributed by atoms with Gasteiger partial charge in [0.15, 0.2) is 0 Å². The van der Waals surface area contributed by atoms with Gasteiger partial charge in [-0.25, -0.2) is 0 Å². The van der Waals surface area contributed by atoms with Gasteiger partial charge in [-0.1, -0.05) is 65.1 Å². The predicted octanol–water partition coefficient (Wildman–Crippen LogP) is 5.36. The number of hydrogen-bond acceptors (Lipinski definition) is 3. The molecule has 192 valence electrons. The standard InChI is InChI=1S/C28H26Cl3N3O3/c1-18-17-33(13-14-34(18)27(36)23-12-11-22(30)16-24(23)31)28(37)25(15-19-5-3-2-4-6-19)32-26(35)20-7-9-21(29)10-8-20/h2-12,16,18,25H,13-15,17H2,1H3,(H,32,35)/t18-,25-/m1/s1. The molecule has 3 aromatic carbocycles. The van der Waals surface area contributed by atoms with Gasteiger partial charge in [0.05, 0.1) is 10.6 Å². The molecule has 0 spiro atoms. The third-order valence-corrected chi connectivity index (χ3v) is 7.15. The molecule has 9 heteroatoms. The van der Waals surface area contributed by atoms with E-state index in [1.807, 2.05) is 37.3 Å². The van der Waals surface area contributed by atoms with Gasteiger partial charge in [-0.2, -0.15) is 0 Å². The number of carbonyl (C=O) groups is 3. The second kappa shape index (κ2) is 12.0. The Labute approximate surface area is 231 Å². The van der Waals surface area contributed by atoms with Crippen LogP contribution in [0.15, 0.2) is 72.8 Å². The summed E-state index contributed by atoms with van der Waals surface area (Å²) in [6, 6.07) is 19.8. The summed E-state index contributed by atoms with van der Waals surface area (Å²) in [5, 5.41) is 4.17. The van der Waals surface area contributed by atoms with Gasteiger partial charge in [-0.15, -0.1) is 0 Å². The minimum atomic E-state index is -0.772. The molecule has 1 N–H and O–H groups in total. The molecule has 1 fully saturated rings. The van der Waals surface area contributed by atoms with Crippen LogP contribution in [0.3, 0.4) is 0 Å². The van der Waals surface area contributed by atoms with Crippen molar-refractivity contribution in [3.8, 4) is 0 Å². The number of rotatable bonds is 6. The molecule has 6 nitrogen and oxygen atoms in total. The van der Waals surface area contributed by atoms with Gasteiger partial charge in [0.2, 0.25) is 5.91 Å². The zero-order valence-corrected chi connectivity index (χ0v) is 22.4. The molecule has 2 atom stereocenters. The molecule has 0 radical (unpaired) electrons. The van der Waals surface area contributed by atoms with Crippen molar-refractivity contribution >= 4 is 52.5 Å². The van der Waals surface area contributed by atoms with E-state index in [2.05, 4.69) is 5.32 Å². The van der Waals surface area contributed by atoms with E-state index in [-0.39, 0.29) is 28.8 Å². The van der Waals surface area contributed by atoms with Crippen molar-refractivity contribution in [1.29, 1.82) is 0 Å². The van der Waals surface area contributed by atoms with E-state index in [9.17, 15) is 14.4 Å². The Bertz CT molecular complexity index is 1280. The summed E-state index contributed by atoms with van der Waals surface area (Å²) in [4.78, 5) is 43.2. The van der Waals surface area contributed by atoms with Crippen LogP contribution in [-0.4, -0.2) is 59.2 Å². The van der Waals surface area contributed by atoms with Crippen LogP contribution in [0.2, 0.25) is 15.1 Å². The lowest BCUT2D eigenvalue weighted by molar-refractivity contribution is -0.135. The van der Waals surface area contributed by atoms with Crippen molar-refractivity contribution in [2.45, 2.75) is 25.4 Å². The minimum absolute atomic E-state index is 0.199. The first-order valence-electron chi connectivity index (χ1n) is 11.9. The van der Waals surface area contributed by atoms with E-state index in [1.54, 1.807) is 52.3 Å². The molecule has 0 saturated carbocycles. The lowest BCUT2D eigenvalue weighted by Gasteiger charge is -2.41. The van der Waals surface area contributed by atoms with Gasteiger partial charge >= 0.3 is 0 Å². The molecule has 0 aliphatic carbocycles. The van der Waals surface area contributed by atoms with Gasteiger partial charge in [-0.05, 0) is 55.0 Å². The highest BCUT2D eigenvalue weighted by Gasteiger charge is 2.34. The maximum atomic E-state index is 13.7. The first-order chi connectivity index (χ1) is 17.7. The van der Waals surface area contributed by atoms with E-state index in [1.165, 1.54) is 0 Å². The van der Waals surface area contributed by atoms with Crippen molar-refractivity contribution in [1.82, 2.24) is 15.1 Å². The van der Waals surface area contributed by atoms with Crippen LogP contribution in [0.1, 0.15) is 33.2 Å². The summed E-state index contributed by atoms with van der Waals surface area (Å²) < 4.78 is 0. The lowest BCUT2D eigenvalue weighted by atomic mass is 10.0. The highest BCUT2D eigenvalue weighted by molar-refractivity contribution is 6.36. The lowest BCUT2D eigenvalue weighted by Crippen LogP contribution is -2.59. The molecule has 3 amide bonds. The van der Waals surface area contributed by atoms with Crippen LogP contribution in [0.25, 0.3) is 0 Å². The second-order valence-corrected chi connectivity index (χ2v) is 10.3. The average molecular weight is 559 g/mol. The molecular formula is C28H26Cl3N3O3. The van der Waals surface area contributed by atoms with Crippen LogP contribution in [0.4, 0.5) is 0 Å². The van der Waals surface area contributed by atoms with Gasteiger partial charge in [0.25, 0.3) is 11.8 Å². The predicted molar refractivity (Wildman–Crippen MR) is 146 cm³/mol. The van der Waals surface area contributed by atoms with Crippen LogP contribution < -0.4 is 5.32 Å². The number of piperazine rings is 1. The summed E-state index contributed by atoms with van der Waals surface area (Å²) in [6.07, 6.45) is 0.340. The Morgan fingerprint density at radius 3 is 2.24 bits per heavy atom. The quantitative estimate of drug-likeness (QED) is 0.443. The Morgan fingerprint density at radius 1 is 0.919 bits per heavy atom. The summed E-state index contributed by atoms with van der Waals surface area (Å²) in [6.45, 7) is 2.90. The van der Waals surface area contributed by atoms with E-state index < -0.39 is 6.04 Å². The molecule has 4 rings (SSSR count). The normalized spacial score (nSPS) is 16.3. The number of amides is 3. The zero-order chi connectivity index (χ0) is 26.5. The SMILES string of the molecule is C[C@@H]1CN(C(=O)[C@@H](Cc2ccccc2)NC(=O)c2ccc(Cl)cc2)CCN1C(=O)c1ccc(Cl)cc1Cl. The minimum Gasteiger partial charge on any atom is -0.340 e.